The van der Waals surface area contributed by atoms with Crippen LogP contribution in [0.5, 0.6) is 5.75 Å². The number of nitrogens with one attached hydrogen (secondary N) is 2. The van der Waals surface area contributed by atoms with Crippen molar-refractivity contribution >= 4 is 24.0 Å². The van der Waals surface area contributed by atoms with Crippen molar-refractivity contribution in [1.82, 2.24) is 5.32 Å². The van der Waals surface area contributed by atoms with Crippen molar-refractivity contribution < 1.29 is 13.9 Å². The molecule has 0 bridgehead atoms. The molecule has 2 aliphatic rings. The first kappa shape index (κ1) is 17.0. The van der Waals surface area contributed by atoms with Crippen molar-refractivity contribution in [3.8, 4) is 5.75 Å². The fourth-order valence-corrected chi connectivity index (χ4v) is 2.48. The van der Waals surface area contributed by atoms with E-state index in [2.05, 4.69) is 10.6 Å². The van der Waals surface area contributed by atoms with Crippen LogP contribution in [0.15, 0.2) is 18.2 Å². The molecule has 3 rings (SSSR count). The van der Waals surface area contributed by atoms with E-state index in [0.29, 0.717) is 11.6 Å². The number of ether oxygens (including phenoxy) is 1. The van der Waals surface area contributed by atoms with Gasteiger partial charge in [-0.2, -0.15) is 0 Å². The van der Waals surface area contributed by atoms with Gasteiger partial charge >= 0.3 is 0 Å². The van der Waals surface area contributed by atoms with Crippen LogP contribution in [0.2, 0.25) is 0 Å². The Morgan fingerprint density at radius 3 is 2.64 bits per heavy atom. The quantitative estimate of drug-likeness (QED) is 0.873. The van der Waals surface area contributed by atoms with Crippen molar-refractivity contribution in [3.63, 3.8) is 0 Å². The van der Waals surface area contributed by atoms with Crippen molar-refractivity contribution in [2.75, 3.05) is 18.4 Å². The summed E-state index contributed by atoms with van der Waals surface area (Å²) >= 11 is 0. The van der Waals surface area contributed by atoms with Gasteiger partial charge in [-0.25, -0.2) is 4.39 Å². The molecular weight excluding hydrogens is 307 g/mol. The van der Waals surface area contributed by atoms with Crippen LogP contribution in [0.4, 0.5) is 10.1 Å². The first-order valence-electron chi connectivity index (χ1n) is 7.61. The van der Waals surface area contributed by atoms with E-state index in [1.807, 2.05) is 6.92 Å². The lowest BCUT2D eigenvalue weighted by molar-refractivity contribution is -0.121. The molecule has 1 unspecified atom stereocenters. The van der Waals surface area contributed by atoms with Crippen LogP contribution in [0.25, 0.3) is 0 Å². The number of anilines is 1. The second-order valence-electron chi connectivity index (χ2n) is 6.01. The van der Waals surface area contributed by atoms with Gasteiger partial charge in [0.25, 0.3) is 0 Å². The van der Waals surface area contributed by atoms with Gasteiger partial charge in [-0.05, 0) is 50.4 Å². The molecule has 6 heteroatoms. The van der Waals surface area contributed by atoms with Gasteiger partial charge in [0.15, 0.2) is 11.6 Å². The van der Waals surface area contributed by atoms with Crippen LogP contribution < -0.4 is 15.4 Å². The third kappa shape index (κ3) is 3.70. The second-order valence-corrected chi connectivity index (χ2v) is 6.01. The number of carbonyl (C=O) groups is 1. The summed E-state index contributed by atoms with van der Waals surface area (Å²) in [4.78, 5) is 12.1. The summed E-state index contributed by atoms with van der Waals surface area (Å²) in [6.07, 6.45) is 3.27. The molecule has 0 aromatic heterocycles. The summed E-state index contributed by atoms with van der Waals surface area (Å²) in [6, 6.07) is 4.62. The highest BCUT2D eigenvalue weighted by Crippen LogP contribution is 2.28. The molecule has 1 saturated heterocycles. The number of amides is 1. The van der Waals surface area contributed by atoms with E-state index in [9.17, 15) is 9.18 Å². The summed E-state index contributed by atoms with van der Waals surface area (Å²) in [5.41, 5.74) is 0.484. The Morgan fingerprint density at radius 1 is 1.41 bits per heavy atom. The van der Waals surface area contributed by atoms with Crippen molar-refractivity contribution in [3.05, 3.63) is 24.0 Å². The third-order valence-corrected chi connectivity index (χ3v) is 4.48. The Morgan fingerprint density at radius 2 is 2.14 bits per heavy atom. The van der Waals surface area contributed by atoms with E-state index in [1.54, 1.807) is 12.1 Å². The number of hydrogen-bond acceptors (Lipinski definition) is 3. The van der Waals surface area contributed by atoms with Crippen LogP contribution in [0.3, 0.4) is 0 Å². The van der Waals surface area contributed by atoms with E-state index in [0.717, 1.165) is 32.4 Å². The molecule has 1 aromatic rings. The topological polar surface area (TPSA) is 50.4 Å². The summed E-state index contributed by atoms with van der Waals surface area (Å²) in [5.74, 6) is 0.0939. The average Bonchev–Trinajstić information content (AvgIpc) is 2.33. The standard InChI is InChI=1S/C16H21FN2O2.ClH/c1-10(11-8-18-9-11)16(20)19-12-5-6-15(14(17)7-12)21-13-3-2-4-13;/h5-7,10-11,13,18H,2-4,8-9H2,1H3,(H,19,20);1H. The fourth-order valence-electron chi connectivity index (χ4n) is 2.48. The van der Waals surface area contributed by atoms with Crippen molar-refractivity contribution in [1.29, 1.82) is 0 Å². The molecule has 4 nitrogen and oxygen atoms in total. The van der Waals surface area contributed by atoms with Crippen LogP contribution >= 0.6 is 12.4 Å². The van der Waals surface area contributed by atoms with Gasteiger partial charge in [-0.3, -0.25) is 4.79 Å². The van der Waals surface area contributed by atoms with Crippen LogP contribution in [0.1, 0.15) is 26.2 Å². The minimum absolute atomic E-state index is 0. The molecule has 1 saturated carbocycles. The molecule has 0 spiro atoms. The number of benzene rings is 1. The lowest BCUT2D eigenvalue weighted by Gasteiger charge is -2.31. The molecule has 1 aliphatic heterocycles. The predicted octanol–water partition coefficient (Wildman–Crippen LogP) is 2.97. The maximum absolute atomic E-state index is 14.0. The maximum Gasteiger partial charge on any atom is 0.227 e. The average molecular weight is 329 g/mol. The van der Waals surface area contributed by atoms with Crippen molar-refractivity contribution in [2.24, 2.45) is 11.8 Å². The molecular formula is C16H22ClFN2O2. The highest BCUT2D eigenvalue weighted by atomic mass is 35.5. The van der Waals surface area contributed by atoms with E-state index < -0.39 is 5.82 Å². The molecule has 1 aliphatic carbocycles. The first-order chi connectivity index (χ1) is 10.1. The largest absolute Gasteiger partial charge is 0.487 e. The summed E-state index contributed by atoms with van der Waals surface area (Å²) < 4.78 is 19.5. The predicted molar refractivity (Wildman–Crippen MR) is 86.1 cm³/mol. The Balaban J connectivity index is 0.00000176. The SMILES string of the molecule is CC(C(=O)Nc1ccc(OC2CCC2)c(F)c1)C1CNC1.Cl. The molecule has 2 fully saturated rings. The number of rotatable bonds is 5. The molecule has 1 atom stereocenters. The smallest absolute Gasteiger partial charge is 0.227 e. The summed E-state index contributed by atoms with van der Waals surface area (Å²) in [5, 5.41) is 5.93. The molecule has 1 heterocycles. The molecule has 0 radical (unpaired) electrons. The highest BCUT2D eigenvalue weighted by molar-refractivity contribution is 5.92. The monoisotopic (exact) mass is 328 g/mol. The zero-order valence-corrected chi connectivity index (χ0v) is 13.4. The van der Waals surface area contributed by atoms with E-state index in [1.165, 1.54) is 6.07 Å². The van der Waals surface area contributed by atoms with E-state index in [-0.39, 0.29) is 36.1 Å². The zero-order valence-electron chi connectivity index (χ0n) is 12.6. The molecule has 1 aromatic carbocycles. The van der Waals surface area contributed by atoms with Crippen LogP contribution in [-0.2, 0) is 4.79 Å². The van der Waals surface area contributed by atoms with Gasteiger partial charge in [0.1, 0.15) is 0 Å². The summed E-state index contributed by atoms with van der Waals surface area (Å²) in [7, 11) is 0. The maximum atomic E-state index is 14.0. The number of hydrogen-bond donors (Lipinski definition) is 2. The van der Waals surface area contributed by atoms with Gasteiger partial charge in [0.05, 0.1) is 6.10 Å². The van der Waals surface area contributed by atoms with Crippen molar-refractivity contribution in [2.45, 2.75) is 32.3 Å². The Kier molecular flexibility index (Phi) is 5.64. The van der Waals surface area contributed by atoms with Gasteiger partial charge in [-0.1, -0.05) is 6.92 Å². The molecule has 122 valence electrons. The van der Waals surface area contributed by atoms with E-state index >= 15 is 0 Å². The lowest BCUT2D eigenvalue weighted by Crippen LogP contribution is -2.48. The second kappa shape index (κ2) is 7.29. The third-order valence-electron chi connectivity index (χ3n) is 4.48. The fraction of sp³-hybridized carbons (Fsp3) is 0.562. The minimum Gasteiger partial charge on any atom is -0.487 e. The Bertz CT molecular complexity index is 533. The van der Waals surface area contributed by atoms with Gasteiger partial charge < -0.3 is 15.4 Å². The zero-order chi connectivity index (χ0) is 14.8. The number of halogens is 2. The highest BCUT2D eigenvalue weighted by Gasteiger charge is 2.28. The lowest BCUT2D eigenvalue weighted by atomic mass is 9.88. The summed E-state index contributed by atoms with van der Waals surface area (Å²) in [6.45, 7) is 3.65. The van der Waals surface area contributed by atoms with Gasteiger partial charge in [0.2, 0.25) is 5.91 Å². The van der Waals surface area contributed by atoms with Gasteiger partial charge in [-0.15, -0.1) is 12.4 Å². The molecule has 22 heavy (non-hydrogen) atoms. The van der Waals surface area contributed by atoms with E-state index in [4.69, 9.17) is 4.74 Å². The first-order valence-corrected chi connectivity index (χ1v) is 7.61. The van der Waals surface area contributed by atoms with Crippen LogP contribution in [-0.4, -0.2) is 25.1 Å². The Labute approximate surface area is 136 Å². The Hall–Kier alpha value is -1.33. The molecule has 1 amide bonds. The van der Waals surface area contributed by atoms with Gasteiger partial charge in [0, 0.05) is 17.7 Å². The number of carbonyl (C=O) groups excluding carboxylic acids is 1. The normalized spacial score (nSPS) is 19.4. The molecule has 2 N–H and O–H groups in total. The minimum atomic E-state index is -0.419. The van der Waals surface area contributed by atoms with Crippen LogP contribution in [0, 0.1) is 17.7 Å².